The van der Waals surface area contributed by atoms with Crippen LogP contribution in [-0.2, 0) is 16.0 Å². The van der Waals surface area contributed by atoms with Crippen molar-refractivity contribution in [1.82, 2.24) is 4.90 Å². The maximum Gasteiger partial charge on any atom is 0.415 e. The first-order valence-corrected chi connectivity index (χ1v) is 10.3. The number of esters is 1. The van der Waals surface area contributed by atoms with Crippen molar-refractivity contribution in [3.05, 3.63) is 65.2 Å². The molecule has 2 bridgehead atoms. The second kappa shape index (κ2) is 9.01. The largest absolute Gasteiger partial charge is 0.465 e. The number of carbonyl (C=O) groups excluding carboxylic acids is 2. The summed E-state index contributed by atoms with van der Waals surface area (Å²) in [5, 5.41) is 0. The topological polar surface area (TPSA) is 59.1 Å². The summed E-state index contributed by atoms with van der Waals surface area (Å²) in [5.74, 6) is -2.35. The Labute approximate surface area is 179 Å². The number of piperidine rings is 3. The molecule has 0 spiro atoms. The fraction of sp³-hybridized carbons (Fsp3) is 0.391. The molecule has 3 aliphatic heterocycles. The molecule has 3 saturated heterocycles. The van der Waals surface area contributed by atoms with Crippen LogP contribution in [0.4, 0.5) is 19.3 Å². The van der Waals surface area contributed by atoms with Crippen LogP contribution in [0.25, 0.3) is 0 Å². The van der Waals surface area contributed by atoms with Crippen molar-refractivity contribution in [2.24, 2.45) is 5.92 Å². The molecule has 1 unspecified atom stereocenters. The SMILES string of the molecule is COC(=O)c1ccc(CN(C(=O)OC2CN3CCC2CC3)c2cccc(F)c2F)cc1. The number of rotatable bonds is 5. The number of methoxy groups -OCH3 is 1. The molecule has 0 N–H and O–H groups in total. The van der Waals surface area contributed by atoms with Crippen LogP contribution in [0.5, 0.6) is 0 Å². The molecule has 2 aromatic rings. The summed E-state index contributed by atoms with van der Waals surface area (Å²) < 4.78 is 38.9. The van der Waals surface area contributed by atoms with Gasteiger partial charge in [0.15, 0.2) is 11.6 Å². The van der Waals surface area contributed by atoms with Crippen molar-refractivity contribution >= 4 is 17.7 Å². The fourth-order valence-corrected chi connectivity index (χ4v) is 4.23. The molecule has 3 aliphatic rings. The van der Waals surface area contributed by atoms with E-state index in [2.05, 4.69) is 9.64 Å². The van der Waals surface area contributed by atoms with E-state index in [1.807, 2.05) is 0 Å². The van der Waals surface area contributed by atoms with E-state index in [0.29, 0.717) is 17.7 Å². The minimum atomic E-state index is -1.11. The lowest BCUT2D eigenvalue weighted by Crippen LogP contribution is -2.53. The van der Waals surface area contributed by atoms with E-state index >= 15 is 0 Å². The minimum absolute atomic E-state index is 0.0399. The Morgan fingerprint density at radius 3 is 2.42 bits per heavy atom. The van der Waals surface area contributed by atoms with Gasteiger partial charge in [-0.1, -0.05) is 18.2 Å². The smallest absolute Gasteiger partial charge is 0.415 e. The summed E-state index contributed by atoms with van der Waals surface area (Å²) in [6.07, 6.45) is 0.929. The van der Waals surface area contributed by atoms with Gasteiger partial charge in [-0.3, -0.25) is 9.80 Å². The van der Waals surface area contributed by atoms with Gasteiger partial charge in [0.25, 0.3) is 0 Å². The summed E-state index contributed by atoms with van der Waals surface area (Å²) >= 11 is 0. The van der Waals surface area contributed by atoms with Gasteiger partial charge in [0.1, 0.15) is 6.10 Å². The van der Waals surface area contributed by atoms with E-state index in [0.717, 1.165) is 36.9 Å². The maximum atomic E-state index is 14.6. The number of carbonyl (C=O) groups is 2. The molecule has 5 rings (SSSR count). The molecule has 0 saturated carbocycles. The zero-order valence-corrected chi connectivity index (χ0v) is 17.2. The van der Waals surface area contributed by atoms with Gasteiger partial charge in [0.2, 0.25) is 0 Å². The van der Waals surface area contributed by atoms with Gasteiger partial charge in [0, 0.05) is 6.54 Å². The molecule has 0 aliphatic carbocycles. The molecular weight excluding hydrogens is 406 g/mol. The number of halogens is 2. The number of nitrogens with zero attached hydrogens (tertiary/aromatic N) is 2. The van der Waals surface area contributed by atoms with Crippen LogP contribution in [-0.4, -0.2) is 49.8 Å². The van der Waals surface area contributed by atoms with Gasteiger partial charge in [0.05, 0.1) is 24.9 Å². The Bertz CT molecular complexity index is 959. The van der Waals surface area contributed by atoms with Gasteiger partial charge in [-0.05, 0) is 61.7 Å². The van der Waals surface area contributed by atoms with Gasteiger partial charge in [-0.2, -0.15) is 0 Å². The predicted molar refractivity (Wildman–Crippen MR) is 110 cm³/mol. The highest BCUT2D eigenvalue weighted by molar-refractivity contribution is 5.90. The Morgan fingerprint density at radius 2 is 1.81 bits per heavy atom. The highest BCUT2D eigenvalue weighted by Crippen LogP contribution is 2.31. The molecule has 3 heterocycles. The quantitative estimate of drug-likeness (QED) is 0.672. The van der Waals surface area contributed by atoms with Crippen molar-refractivity contribution in [3.8, 4) is 0 Å². The lowest BCUT2D eigenvalue weighted by atomic mass is 9.86. The van der Waals surface area contributed by atoms with Gasteiger partial charge in [-0.15, -0.1) is 0 Å². The zero-order chi connectivity index (χ0) is 22.0. The highest BCUT2D eigenvalue weighted by atomic mass is 19.2. The van der Waals surface area contributed by atoms with Crippen LogP contribution in [0.1, 0.15) is 28.8 Å². The molecular formula is C23H24F2N2O4. The van der Waals surface area contributed by atoms with E-state index < -0.39 is 23.7 Å². The summed E-state index contributed by atoms with van der Waals surface area (Å²) in [5.41, 5.74) is 0.787. The zero-order valence-electron chi connectivity index (χ0n) is 17.2. The van der Waals surface area contributed by atoms with E-state index in [1.54, 1.807) is 24.3 Å². The number of hydrogen-bond acceptors (Lipinski definition) is 5. The van der Waals surface area contributed by atoms with E-state index in [-0.39, 0.29) is 24.3 Å². The molecule has 0 aromatic heterocycles. The third-order valence-corrected chi connectivity index (χ3v) is 6.01. The first kappa shape index (κ1) is 21.2. The maximum absolute atomic E-state index is 14.6. The predicted octanol–water partition coefficient (Wildman–Crippen LogP) is 3.99. The van der Waals surface area contributed by atoms with E-state index in [1.165, 1.54) is 19.2 Å². The van der Waals surface area contributed by atoms with Gasteiger partial charge in [-0.25, -0.2) is 18.4 Å². The van der Waals surface area contributed by atoms with Crippen molar-refractivity contribution in [1.29, 1.82) is 0 Å². The number of amides is 1. The number of benzene rings is 2. The number of fused-ring (bicyclic) bond motifs is 3. The Hall–Kier alpha value is -3.00. The summed E-state index contributed by atoms with van der Waals surface area (Å²) in [7, 11) is 1.29. The monoisotopic (exact) mass is 430 g/mol. The van der Waals surface area contributed by atoms with Crippen molar-refractivity contribution in [2.75, 3.05) is 31.6 Å². The second-order valence-corrected chi connectivity index (χ2v) is 7.91. The molecule has 3 fully saturated rings. The number of anilines is 1. The minimum Gasteiger partial charge on any atom is -0.465 e. The van der Waals surface area contributed by atoms with E-state index in [4.69, 9.17) is 4.74 Å². The van der Waals surface area contributed by atoms with Gasteiger partial charge < -0.3 is 9.47 Å². The second-order valence-electron chi connectivity index (χ2n) is 7.91. The third-order valence-electron chi connectivity index (χ3n) is 6.01. The first-order chi connectivity index (χ1) is 15.0. The molecule has 1 amide bonds. The van der Waals surface area contributed by atoms with Crippen LogP contribution in [0.15, 0.2) is 42.5 Å². The lowest BCUT2D eigenvalue weighted by Gasteiger charge is -2.44. The molecule has 6 nitrogen and oxygen atoms in total. The Kier molecular flexibility index (Phi) is 6.18. The molecule has 0 radical (unpaired) electrons. The lowest BCUT2D eigenvalue weighted by molar-refractivity contribution is -0.0311. The van der Waals surface area contributed by atoms with Crippen molar-refractivity contribution < 1.29 is 27.8 Å². The van der Waals surface area contributed by atoms with Gasteiger partial charge >= 0.3 is 12.1 Å². The number of hydrogen-bond donors (Lipinski definition) is 0. The van der Waals surface area contributed by atoms with Crippen LogP contribution >= 0.6 is 0 Å². The van der Waals surface area contributed by atoms with E-state index in [9.17, 15) is 18.4 Å². The number of ether oxygens (including phenoxy) is 2. The average molecular weight is 430 g/mol. The van der Waals surface area contributed by atoms with Crippen LogP contribution in [0, 0.1) is 17.6 Å². The Morgan fingerprint density at radius 1 is 1.10 bits per heavy atom. The fourth-order valence-electron chi connectivity index (χ4n) is 4.23. The summed E-state index contributed by atoms with van der Waals surface area (Å²) in [4.78, 5) is 28.1. The molecule has 31 heavy (non-hydrogen) atoms. The van der Waals surface area contributed by atoms with Crippen molar-refractivity contribution in [2.45, 2.75) is 25.5 Å². The van der Waals surface area contributed by atoms with Crippen LogP contribution < -0.4 is 4.90 Å². The third kappa shape index (κ3) is 4.54. The summed E-state index contributed by atoms with van der Waals surface area (Å²) in [6, 6.07) is 10.1. The summed E-state index contributed by atoms with van der Waals surface area (Å²) in [6.45, 7) is 2.60. The Balaban J connectivity index is 1.58. The molecule has 1 atom stereocenters. The first-order valence-electron chi connectivity index (χ1n) is 10.3. The standard InChI is InChI=1S/C23H24F2N2O4/c1-30-22(28)17-7-5-15(6-8-17)13-27(19-4-2-3-18(24)21(19)25)23(29)31-20-14-26-11-9-16(20)10-12-26/h2-8,16,20H,9-14H2,1H3. The van der Waals surface area contributed by atoms with Crippen LogP contribution in [0.3, 0.4) is 0 Å². The van der Waals surface area contributed by atoms with Crippen LogP contribution in [0.2, 0.25) is 0 Å². The molecule has 8 heteroatoms. The molecule has 2 aromatic carbocycles. The molecule has 164 valence electrons. The average Bonchev–Trinajstić information content (AvgIpc) is 2.80. The normalized spacial score (nSPS) is 22.1. The highest BCUT2D eigenvalue weighted by Gasteiger charge is 2.37. The van der Waals surface area contributed by atoms with Crippen molar-refractivity contribution in [3.63, 3.8) is 0 Å².